The van der Waals surface area contributed by atoms with Crippen LogP contribution in [-0.2, 0) is 14.3 Å². The summed E-state index contributed by atoms with van der Waals surface area (Å²) in [4.78, 5) is 24.0. The molecule has 0 saturated carbocycles. The Balaban J connectivity index is 1.89. The zero-order chi connectivity index (χ0) is 16.4. The van der Waals surface area contributed by atoms with E-state index in [0.717, 1.165) is 28.3 Å². The second kappa shape index (κ2) is 6.08. The number of benzene rings is 2. The molecule has 0 bridgehead atoms. The molecule has 1 unspecified atom stereocenters. The van der Waals surface area contributed by atoms with Gasteiger partial charge in [-0.05, 0) is 29.2 Å². The van der Waals surface area contributed by atoms with Crippen LogP contribution in [0.2, 0.25) is 0 Å². The van der Waals surface area contributed by atoms with Crippen molar-refractivity contribution in [3.05, 3.63) is 72.3 Å². The Kier molecular flexibility index (Phi) is 3.98. The third-order valence-corrected chi connectivity index (χ3v) is 3.90. The molecule has 1 N–H and O–H groups in total. The third-order valence-electron chi connectivity index (χ3n) is 3.90. The maximum Gasteiger partial charge on any atom is 0.332 e. The maximum atomic E-state index is 12.7. The monoisotopic (exact) mass is 307 g/mol. The van der Waals surface area contributed by atoms with Gasteiger partial charge in [0.2, 0.25) is 5.91 Å². The molecule has 4 heteroatoms. The van der Waals surface area contributed by atoms with Crippen molar-refractivity contribution >= 4 is 11.9 Å². The Labute approximate surface area is 134 Å². The predicted molar refractivity (Wildman–Crippen MR) is 87.6 cm³/mol. The summed E-state index contributed by atoms with van der Waals surface area (Å²) in [5.74, 6) is -1.15. The van der Waals surface area contributed by atoms with Gasteiger partial charge in [-0.3, -0.25) is 4.79 Å². The number of nitrogens with one attached hydrogen (secondary N) is 1. The van der Waals surface area contributed by atoms with Crippen LogP contribution in [0.3, 0.4) is 0 Å². The molecule has 0 radical (unpaired) electrons. The second-order valence-corrected chi connectivity index (χ2v) is 5.40. The van der Waals surface area contributed by atoms with Crippen LogP contribution in [0.15, 0.2) is 61.2 Å². The first-order chi connectivity index (χ1) is 11.1. The summed E-state index contributed by atoms with van der Waals surface area (Å²) >= 11 is 0. The molecule has 4 nitrogen and oxygen atoms in total. The van der Waals surface area contributed by atoms with Crippen LogP contribution in [0.5, 0.6) is 0 Å². The van der Waals surface area contributed by atoms with Crippen molar-refractivity contribution in [2.45, 2.75) is 19.1 Å². The highest BCUT2D eigenvalue weighted by Crippen LogP contribution is 2.44. The number of rotatable bonds is 4. The number of esters is 1. The van der Waals surface area contributed by atoms with E-state index < -0.39 is 18.1 Å². The van der Waals surface area contributed by atoms with Gasteiger partial charge in [-0.25, -0.2) is 4.79 Å². The molecule has 0 saturated heterocycles. The zero-order valence-electron chi connectivity index (χ0n) is 12.8. The van der Waals surface area contributed by atoms with Gasteiger partial charge in [-0.2, -0.15) is 0 Å². The summed E-state index contributed by atoms with van der Waals surface area (Å²) in [6, 6.07) is 15.7. The molecule has 23 heavy (non-hydrogen) atoms. The van der Waals surface area contributed by atoms with E-state index in [2.05, 4.69) is 11.9 Å². The molecule has 0 spiro atoms. The molecular weight excluding hydrogens is 290 g/mol. The Morgan fingerprint density at radius 1 is 1.09 bits per heavy atom. The number of carbonyl (C=O) groups is 2. The Bertz CT molecular complexity index is 736. The number of fused-ring (bicyclic) bond motifs is 3. The highest BCUT2D eigenvalue weighted by Gasteiger charge is 2.33. The van der Waals surface area contributed by atoms with Gasteiger partial charge >= 0.3 is 5.97 Å². The predicted octanol–water partition coefficient (Wildman–Crippen LogP) is 2.99. The van der Waals surface area contributed by atoms with E-state index in [0.29, 0.717) is 0 Å². The zero-order valence-corrected chi connectivity index (χ0v) is 12.8. The standard InChI is InChI=1S/C19H17NO3/c1-3-17(21)23-12(2)20-19(22)18-15-10-6-4-8-13(15)14-9-5-7-11-16(14)18/h3-12,18H,1H2,2H3,(H,20,22). The Morgan fingerprint density at radius 3 is 2.13 bits per heavy atom. The van der Waals surface area contributed by atoms with Crippen molar-refractivity contribution < 1.29 is 14.3 Å². The molecule has 3 rings (SSSR count). The van der Waals surface area contributed by atoms with Gasteiger partial charge in [0.05, 0.1) is 5.92 Å². The minimum absolute atomic E-state index is 0.188. The summed E-state index contributed by atoms with van der Waals surface area (Å²) in [5.41, 5.74) is 4.07. The highest BCUT2D eigenvalue weighted by atomic mass is 16.6. The van der Waals surface area contributed by atoms with Crippen LogP contribution in [0.25, 0.3) is 11.1 Å². The fourth-order valence-corrected chi connectivity index (χ4v) is 2.97. The van der Waals surface area contributed by atoms with Crippen LogP contribution >= 0.6 is 0 Å². The van der Waals surface area contributed by atoms with Crippen LogP contribution in [-0.4, -0.2) is 18.1 Å². The van der Waals surface area contributed by atoms with Gasteiger partial charge in [-0.15, -0.1) is 0 Å². The first-order valence-electron chi connectivity index (χ1n) is 7.43. The lowest BCUT2D eigenvalue weighted by Crippen LogP contribution is -2.38. The molecule has 0 aliphatic heterocycles. The fourth-order valence-electron chi connectivity index (χ4n) is 2.97. The van der Waals surface area contributed by atoms with E-state index in [9.17, 15) is 9.59 Å². The van der Waals surface area contributed by atoms with Gasteiger partial charge < -0.3 is 10.1 Å². The van der Waals surface area contributed by atoms with Crippen LogP contribution < -0.4 is 5.32 Å². The van der Waals surface area contributed by atoms with E-state index in [4.69, 9.17) is 4.74 Å². The number of hydrogen-bond acceptors (Lipinski definition) is 3. The molecule has 2 aromatic rings. The quantitative estimate of drug-likeness (QED) is 0.537. The van der Waals surface area contributed by atoms with Crippen LogP contribution in [0, 0.1) is 0 Å². The summed E-state index contributed by atoms with van der Waals surface area (Å²) in [6.45, 7) is 4.96. The second-order valence-electron chi connectivity index (χ2n) is 5.40. The van der Waals surface area contributed by atoms with Gasteiger partial charge in [0.25, 0.3) is 0 Å². The summed E-state index contributed by atoms with van der Waals surface area (Å²) < 4.78 is 5.02. The van der Waals surface area contributed by atoms with Crippen molar-refractivity contribution in [1.29, 1.82) is 0 Å². The van der Waals surface area contributed by atoms with Crippen molar-refractivity contribution in [3.63, 3.8) is 0 Å². The van der Waals surface area contributed by atoms with Gasteiger partial charge in [0.1, 0.15) is 0 Å². The molecule has 0 aromatic heterocycles. The molecule has 0 heterocycles. The molecule has 2 aromatic carbocycles. The largest absolute Gasteiger partial charge is 0.439 e. The smallest absolute Gasteiger partial charge is 0.332 e. The molecule has 1 aliphatic rings. The van der Waals surface area contributed by atoms with E-state index >= 15 is 0 Å². The Morgan fingerprint density at radius 2 is 1.61 bits per heavy atom. The average molecular weight is 307 g/mol. The minimum Gasteiger partial charge on any atom is -0.439 e. The molecule has 0 fully saturated rings. The number of carbonyl (C=O) groups excluding carboxylic acids is 2. The number of ether oxygens (including phenoxy) is 1. The van der Waals surface area contributed by atoms with Gasteiger partial charge in [0, 0.05) is 6.08 Å². The topological polar surface area (TPSA) is 55.4 Å². The Hall–Kier alpha value is -2.88. The van der Waals surface area contributed by atoms with E-state index in [1.807, 2.05) is 48.5 Å². The average Bonchev–Trinajstić information content (AvgIpc) is 2.89. The SMILES string of the molecule is C=CC(=O)OC(C)NC(=O)C1c2ccccc2-c2ccccc21. The van der Waals surface area contributed by atoms with Crippen LogP contribution in [0.4, 0.5) is 0 Å². The molecule has 1 amide bonds. The van der Waals surface area contributed by atoms with Crippen molar-refractivity contribution in [2.24, 2.45) is 0 Å². The third kappa shape index (κ3) is 2.75. The number of hydrogen-bond donors (Lipinski definition) is 1. The van der Waals surface area contributed by atoms with E-state index in [-0.39, 0.29) is 5.91 Å². The molecular formula is C19H17NO3. The van der Waals surface area contributed by atoms with Crippen LogP contribution in [0.1, 0.15) is 24.0 Å². The van der Waals surface area contributed by atoms with Gasteiger partial charge in [-0.1, -0.05) is 55.1 Å². The first-order valence-corrected chi connectivity index (χ1v) is 7.43. The molecule has 1 aliphatic carbocycles. The lowest BCUT2D eigenvalue weighted by atomic mass is 9.96. The molecule has 1 atom stereocenters. The lowest BCUT2D eigenvalue weighted by Gasteiger charge is -2.18. The fraction of sp³-hybridized carbons (Fsp3) is 0.158. The maximum absolute atomic E-state index is 12.7. The summed E-state index contributed by atoms with van der Waals surface area (Å²) in [6.07, 6.45) is 0.357. The normalized spacial score (nSPS) is 13.6. The minimum atomic E-state index is -0.715. The first kappa shape index (κ1) is 15.0. The van der Waals surface area contributed by atoms with E-state index in [1.165, 1.54) is 0 Å². The number of amides is 1. The highest BCUT2D eigenvalue weighted by molar-refractivity contribution is 5.96. The lowest BCUT2D eigenvalue weighted by molar-refractivity contribution is -0.145. The van der Waals surface area contributed by atoms with Gasteiger partial charge in [0.15, 0.2) is 6.23 Å². The van der Waals surface area contributed by atoms with E-state index in [1.54, 1.807) is 6.92 Å². The summed E-state index contributed by atoms with van der Waals surface area (Å²) in [7, 11) is 0. The molecule has 116 valence electrons. The summed E-state index contributed by atoms with van der Waals surface area (Å²) in [5, 5.41) is 2.74. The van der Waals surface area contributed by atoms with Crippen molar-refractivity contribution in [1.82, 2.24) is 5.32 Å². The van der Waals surface area contributed by atoms with Crippen molar-refractivity contribution in [2.75, 3.05) is 0 Å². The van der Waals surface area contributed by atoms with Crippen molar-refractivity contribution in [3.8, 4) is 11.1 Å².